The van der Waals surface area contributed by atoms with E-state index in [4.69, 9.17) is 9.47 Å². The lowest BCUT2D eigenvalue weighted by Gasteiger charge is -2.53. The third kappa shape index (κ3) is 3.45. The molecular weight excluding hydrogens is 394 g/mol. The predicted molar refractivity (Wildman–Crippen MR) is 106 cm³/mol. The largest absolute Gasteiger partial charge is 0.381 e. The number of hydrogen-bond acceptors (Lipinski definition) is 6. The Hall–Kier alpha value is -1.97. The van der Waals surface area contributed by atoms with Gasteiger partial charge >= 0.3 is 0 Å². The van der Waals surface area contributed by atoms with Gasteiger partial charge in [0.05, 0.1) is 42.8 Å². The van der Waals surface area contributed by atoms with Gasteiger partial charge in [-0.3, -0.25) is 4.79 Å². The summed E-state index contributed by atoms with van der Waals surface area (Å²) in [5.41, 5.74) is 1.02. The average Bonchev–Trinajstić information content (AvgIpc) is 3.11. The van der Waals surface area contributed by atoms with Crippen molar-refractivity contribution in [3.63, 3.8) is 0 Å². The molecule has 156 valence electrons. The summed E-state index contributed by atoms with van der Waals surface area (Å²) in [4.78, 5) is 18.7. The van der Waals surface area contributed by atoms with Crippen LogP contribution in [0.5, 0.6) is 0 Å². The highest BCUT2D eigenvalue weighted by Gasteiger charge is 2.54. The Balaban J connectivity index is 1.24. The third-order valence-electron chi connectivity index (χ3n) is 6.32. The van der Waals surface area contributed by atoms with E-state index >= 15 is 0 Å². The number of imidazole rings is 1. The topological polar surface area (TPSA) is 90.7 Å². The van der Waals surface area contributed by atoms with Gasteiger partial charge in [0.2, 0.25) is 5.91 Å². The molecule has 3 aliphatic heterocycles. The van der Waals surface area contributed by atoms with E-state index in [0.717, 1.165) is 23.9 Å². The van der Waals surface area contributed by atoms with Crippen LogP contribution in [-0.4, -0.2) is 78.3 Å². The Morgan fingerprint density at radius 1 is 1.21 bits per heavy atom. The second-order valence-electron chi connectivity index (χ2n) is 8.39. The summed E-state index contributed by atoms with van der Waals surface area (Å²) >= 11 is 0. The van der Waals surface area contributed by atoms with Crippen molar-refractivity contribution in [1.29, 1.82) is 0 Å². The Labute approximate surface area is 169 Å². The standard InChI is InChI=1S/C20H25N3O5S/c24-19(15-5-7-27-8-6-15)23-11-20(12-23)13-29(25,26)16(10-28-20)9-22-14-21-17-3-1-2-4-18(17)22/h1-4,14-16H,5-13H2/t16-/m0/s1. The van der Waals surface area contributed by atoms with Gasteiger partial charge < -0.3 is 18.9 Å². The van der Waals surface area contributed by atoms with Crippen molar-refractivity contribution in [2.75, 3.05) is 38.7 Å². The number of sulfone groups is 1. The number of carbonyl (C=O) groups is 1. The highest BCUT2D eigenvalue weighted by Crippen LogP contribution is 2.35. The zero-order chi connectivity index (χ0) is 20.1. The van der Waals surface area contributed by atoms with Gasteiger partial charge in [0.1, 0.15) is 10.9 Å². The number of rotatable bonds is 3. The molecule has 0 bridgehead atoms. The summed E-state index contributed by atoms with van der Waals surface area (Å²) in [6.45, 7) is 2.43. The summed E-state index contributed by atoms with van der Waals surface area (Å²) in [7, 11) is -3.34. The van der Waals surface area contributed by atoms with Gasteiger partial charge in [-0.25, -0.2) is 13.4 Å². The predicted octanol–water partition coefficient (Wildman–Crippen LogP) is 0.858. The first-order chi connectivity index (χ1) is 14.0. The molecule has 1 spiro atoms. The van der Waals surface area contributed by atoms with E-state index in [0.29, 0.717) is 32.8 Å². The van der Waals surface area contributed by atoms with Gasteiger partial charge in [-0.05, 0) is 25.0 Å². The minimum Gasteiger partial charge on any atom is -0.381 e. The van der Waals surface area contributed by atoms with Crippen LogP contribution in [0.2, 0.25) is 0 Å². The van der Waals surface area contributed by atoms with E-state index in [9.17, 15) is 13.2 Å². The van der Waals surface area contributed by atoms with Crippen molar-refractivity contribution in [2.24, 2.45) is 5.92 Å². The number of nitrogens with zero attached hydrogens (tertiary/aromatic N) is 3. The molecule has 2 aromatic rings. The Morgan fingerprint density at radius 3 is 2.72 bits per heavy atom. The normalized spacial score (nSPS) is 26.5. The van der Waals surface area contributed by atoms with Crippen LogP contribution in [0.25, 0.3) is 11.0 Å². The highest BCUT2D eigenvalue weighted by molar-refractivity contribution is 7.92. The number of aromatic nitrogens is 2. The number of para-hydroxylation sites is 2. The summed E-state index contributed by atoms with van der Waals surface area (Å²) in [5, 5.41) is -0.606. The number of ether oxygens (including phenoxy) is 2. The lowest BCUT2D eigenvalue weighted by molar-refractivity contribution is -0.171. The third-order valence-corrected chi connectivity index (χ3v) is 8.54. The van der Waals surface area contributed by atoms with Gasteiger partial charge in [-0.1, -0.05) is 12.1 Å². The van der Waals surface area contributed by atoms with Crippen LogP contribution in [0.4, 0.5) is 0 Å². The minimum absolute atomic E-state index is 0.0106. The summed E-state index contributed by atoms with van der Waals surface area (Å²) < 4.78 is 39.2. The molecule has 3 fully saturated rings. The van der Waals surface area contributed by atoms with Crippen molar-refractivity contribution in [2.45, 2.75) is 30.2 Å². The number of amides is 1. The molecular formula is C20H25N3O5S. The quantitative estimate of drug-likeness (QED) is 0.733. The molecule has 3 aliphatic rings. The SMILES string of the molecule is O=C(C1CCOCC1)N1CC2(C1)CS(=O)(=O)[C@@H](Cn1cnc3ccccc31)CO2. The fourth-order valence-electron chi connectivity index (χ4n) is 4.63. The number of fused-ring (bicyclic) bond motifs is 1. The van der Waals surface area contributed by atoms with Crippen LogP contribution in [0.15, 0.2) is 30.6 Å². The summed E-state index contributed by atoms with van der Waals surface area (Å²) in [6.07, 6.45) is 3.16. The van der Waals surface area contributed by atoms with Gasteiger partial charge in [-0.2, -0.15) is 0 Å². The number of benzene rings is 1. The fourth-order valence-corrected chi connectivity index (χ4v) is 6.53. The lowest BCUT2D eigenvalue weighted by atomic mass is 9.91. The molecule has 29 heavy (non-hydrogen) atoms. The molecule has 0 unspecified atom stereocenters. The Bertz CT molecular complexity index is 1020. The monoisotopic (exact) mass is 419 g/mol. The van der Waals surface area contributed by atoms with Gasteiger partial charge in [0, 0.05) is 25.7 Å². The second kappa shape index (κ2) is 7.07. The van der Waals surface area contributed by atoms with E-state index in [2.05, 4.69) is 4.98 Å². The number of hydrogen-bond donors (Lipinski definition) is 0. The van der Waals surface area contributed by atoms with E-state index in [1.807, 2.05) is 28.8 Å². The van der Waals surface area contributed by atoms with Crippen molar-refractivity contribution < 1.29 is 22.7 Å². The van der Waals surface area contributed by atoms with Crippen molar-refractivity contribution in [3.05, 3.63) is 30.6 Å². The maximum atomic E-state index is 13.0. The fraction of sp³-hybridized carbons (Fsp3) is 0.600. The Kier molecular flexibility index (Phi) is 4.64. The first kappa shape index (κ1) is 19.0. The van der Waals surface area contributed by atoms with E-state index in [1.165, 1.54) is 0 Å². The molecule has 1 aromatic heterocycles. The van der Waals surface area contributed by atoms with Crippen LogP contribution in [0, 0.1) is 5.92 Å². The molecule has 1 atom stereocenters. The van der Waals surface area contributed by atoms with Crippen LogP contribution in [-0.2, 0) is 30.7 Å². The average molecular weight is 420 g/mol. The maximum Gasteiger partial charge on any atom is 0.226 e. The molecule has 0 N–H and O–H groups in total. The smallest absolute Gasteiger partial charge is 0.226 e. The van der Waals surface area contributed by atoms with Crippen molar-refractivity contribution in [1.82, 2.24) is 14.5 Å². The Morgan fingerprint density at radius 2 is 1.97 bits per heavy atom. The minimum atomic E-state index is -3.34. The van der Waals surface area contributed by atoms with Gasteiger partial charge in [0.15, 0.2) is 9.84 Å². The first-order valence-electron chi connectivity index (χ1n) is 10.1. The lowest BCUT2D eigenvalue weighted by Crippen LogP contribution is -2.71. The summed E-state index contributed by atoms with van der Waals surface area (Å²) in [5.74, 6) is 0.0602. The van der Waals surface area contributed by atoms with E-state index < -0.39 is 20.7 Å². The maximum absolute atomic E-state index is 13.0. The van der Waals surface area contributed by atoms with Gasteiger partial charge in [0.25, 0.3) is 0 Å². The molecule has 3 saturated heterocycles. The van der Waals surface area contributed by atoms with Crippen molar-refractivity contribution in [3.8, 4) is 0 Å². The van der Waals surface area contributed by atoms with Crippen LogP contribution < -0.4 is 0 Å². The van der Waals surface area contributed by atoms with Crippen LogP contribution in [0.1, 0.15) is 12.8 Å². The van der Waals surface area contributed by atoms with Crippen LogP contribution in [0.3, 0.4) is 0 Å². The number of carbonyl (C=O) groups excluding carboxylic acids is 1. The zero-order valence-corrected chi connectivity index (χ0v) is 17.0. The number of likely N-dealkylation sites (tertiary alicyclic amines) is 1. The molecule has 4 heterocycles. The van der Waals surface area contributed by atoms with Crippen molar-refractivity contribution >= 4 is 26.8 Å². The molecule has 8 nitrogen and oxygen atoms in total. The molecule has 0 saturated carbocycles. The van der Waals surface area contributed by atoms with E-state index in [1.54, 1.807) is 11.2 Å². The molecule has 1 aromatic carbocycles. The second-order valence-corrected chi connectivity index (χ2v) is 10.7. The molecule has 5 rings (SSSR count). The molecule has 9 heteroatoms. The first-order valence-corrected chi connectivity index (χ1v) is 11.8. The summed E-state index contributed by atoms with van der Waals surface area (Å²) in [6, 6.07) is 7.67. The molecule has 1 amide bonds. The highest BCUT2D eigenvalue weighted by atomic mass is 32.2. The van der Waals surface area contributed by atoms with Crippen LogP contribution >= 0.6 is 0 Å². The zero-order valence-electron chi connectivity index (χ0n) is 16.2. The van der Waals surface area contributed by atoms with E-state index in [-0.39, 0.29) is 24.2 Å². The van der Waals surface area contributed by atoms with Gasteiger partial charge in [-0.15, -0.1) is 0 Å². The molecule has 0 aliphatic carbocycles. The molecule has 0 radical (unpaired) electrons.